The van der Waals surface area contributed by atoms with E-state index in [4.69, 9.17) is 4.74 Å². The van der Waals surface area contributed by atoms with Gasteiger partial charge in [0.25, 0.3) is 5.91 Å². The van der Waals surface area contributed by atoms with Gasteiger partial charge in [-0.15, -0.1) is 12.4 Å². The second-order valence-corrected chi connectivity index (χ2v) is 4.66. The number of hydrogen-bond acceptors (Lipinski definition) is 3. The van der Waals surface area contributed by atoms with Gasteiger partial charge in [-0.3, -0.25) is 4.79 Å². The summed E-state index contributed by atoms with van der Waals surface area (Å²) in [4.78, 5) is 11.4. The summed E-state index contributed by atoms with van der Waals surface area (Å²) in [5, 5.41) is 5.82. The Hall–Kier alpha value is -0.780. The lowest BCUT2D eigenvalue weighted by atomic mass is 10.3. The minimum Gasteiger partial charge on any atom is -0.484 e. The van der Waals surface area contributed by atoms with Crippen molar-refractivity contribution >= 4 is 34.2 Å². The quantitative estimate of drug-likeness (QED) is 0.834. The number of benzene rings is 1. The molecule has 1 aromatic rings. The fourth-order valence-corrected chi connectivity index (χ4v) is 1.50. The Labute approximate surface area is 122 Å². The summed E-state index contributed by atoms with van der Waals surface area (Å²) in [7, 11) is 1.86. The van der Waals surface area contributed by atoms with Crippen LogP contribution in [0.5, 0.6) is 5.75 Å². The van der Waals surface area contributed by atoms with Gasteiger partial charge in [0, 0.05) is 17.1 Å². The molecule has 0 aliphatic rings. The third kappa shape index (κ3) is 6.83. The molecule has 0 spiro atoms. The maximum atomic E-state index is 11.4. The summed E-state index contributed by atoms with van der Waals surface area (Å²) in [5.41, 5.74) is 0. The van der Waals surface area contributed by atoms with Gasteiger partial charge in [0.05, 0.1) is 0 Å². The number of carbonyl (C=O) groups is 1. The van der Waals surface area contributed by atoms with Crippen LogP contribution in [0.2, 0.25) is 0 Å². The first-order valence-corrected chi connectivity index (χ1v) is 6.23. The molecule has 0 aliphatic carbocycles. The second-order valence-electron chi connectivity index (χ2n) is 3.74. The van der Waals surface area contributed by atoms with Crippen molar-refractivity contribution in [2.45, 2.75) is 13.0 Å². The predicted octanol–water partition coefficient (Wildman–Crippen LogP) is 1.97. The predicted molar refractivity (Wildman–Crippen MR) is 78.4 cm³/mol. The van der Waals surface area contributed by atoms with Gasteiger partial charge in [-0.1, -0.05) is 22.0 Å². The van der Waals surface area contributed by atoms with Gasteiger partial charge in [0.1, 0.15) is 5.75 Å². The molecule has 0 radical (unpaired) electrons. The van der Waals surface area contributed by atoms with Gasteiger partial charge < -0.3 is 15.4 Å². The van der Waals surface area contributed by atoms with Gasteiger partial charge in [-0.2, -0.15) is 0 Å². The molecular formula is C12H18BrClN2O2. The molecule has 0 heterocycles. The first kappa shape index (κ1) is 17.2. The third-order valence-electron chi connectivity index (χ3n) is 2.26. The summed E-state index contributed by atoms with van der Waals surface area (Å²) in [6.07, 6.45) is 0. The first-order valence-electron chi connectivity index (χ1n) is 5.44. The van der Waals surface area contributed by atoms with Crippen LogP contribution < -0.4 is 15.4 Å². The molecule has 6 heteroatoms. The molecule has 0 saturated heterocycles. The molecule has 0 aromatic heterocycles. The zero-order valence-corrected chi connectivity index (χ0v) is 12.8. The molecule has 1 aromatic carbocycles. The lowest BCUT2D eigenvalue weighted by Gasteiger charge is -2.11. The van der Waals surface area contributed by atoms with Crippen molar-refractivity contribution in [1.29, 1.82) is 0 Å². The van der Waals surface area contributed by atoms with Crippen LogP contribution >= 0.6 is 28.3 Å². The highest BCUT2D eigenvalue weighted by molar-refractivity contribution is 9.10. The maximum Gasteiger partial charge on any atom is 0.257 e. The average molecular weight is 338 g/mol. The van der Waals surface area contributed by atoms with Crippen molar-refractivity contribution < 1.29 is 9.53 Å². The van der Waals surface area contributed by atoms with Crippen molar-refractivity contribution in [1.82, 2.24) is 10.6 Å². The maximum absolute atomic E-state index is 11.4. The number of halogens is 2. The van der Waals surface area contributed by atoms with E-state index in [0.29, 0.717) is 12.3 Å². The highest BCUT2D eigenvalue weighted by Gasteiger charge is 2.04. The Morgan fingerprint density at radius 1 is 1.50 bits per heavy atom. The van der Waals surface area contributed by atoms with Crippen LogP contribution in [-0.4, -0.2) is 32.1 Å². The molecule has 18 heavy (non-hydrogen) atoms. The van der Waals surface area contributed by atoms with Gasteiger partial charge in [0.2, 0.25) is 0 Å². The number of amides is 1. The number of nitrogens with one attached hydrogen (secondary N) is 2. The summed E-state index contributed by atoms with van der Waals surface area (Å²) in [6.45, 7) is 2.62. The SMILES string of the molecule is CNC(C)CNC(=O)COc1cccc(Br)c1.Cl. The van der Waals surface area contributed by atoms with E-state index >= 15 is 0 Å². The van der Waals surface area contributed by atoms with E-state index < -0.39 is 0 Å². The molecule has 102 valence electrons. The van der Waals surface area contributed by atoms with Crippen molar-refractivity contribution in [3.05, 3.63) is 28.7 Å². The lowest BCUT2D eigenvalue weighted by Crippen LogP contribution is -2.39. The van der Waals surface area contributed by atoms with E-state index in [1.807, 2.05) is 38.2 Å². The van der Waals surface area contributed by atoms with Crippen LogP contribution in [0, 0.1) is 0 Å². The highest BCUT2D eigenvalue weighted by Crippen LogP contribution is 2.17. The average Bonchev–Trinajstić information content (AvgIpc) is 2.33. The van der Waals surface area contributed by atoms with E-state index in [9.17, 15) is 4.79 Å². The molecular weight excluding hydrogens is 320 g/mol. The fourth-order valence-electron chi connectivity index (χ4n) is 1.13. The third-order valence-corrected chi connectivity index (χ3v) is 2.76. The van der Waals surface area contributed by atoms with Gasteiger partial charge in [0.15, 0.2) is 6.61 Å². The van der Waals surface area contributed by atoms with Crippen molar-refractivity contribution in [2.24, 2.45) is 0 Å². The number of ether oxygens (including phenoxy) is 1. The monoisotopic (exact) mass is 336 g/mol. The summed E-state index contributed by atoms with van der Waals surface area (Å²) in [5.74, 6) is 0.559. The minimum absolute atomic E-state index is 0. The highest BCUT2D eigenvalue weighted by atomic mass is 79.9. The van der Waals surface area contributed by atoms with Crippen molar-refractivity contribution in [3.8, 4) is 5.75 Å². The van der Waals surface area contributed by atoms with Crippen LogP contribution in [0.15, 0.2) is 28.7 Å². The van der Waals surface area contributed by atoms with Crippen molar-refractivity contribution in [3.63, 3.8) is 0 Å². The Morgan fingerprint density at radius 2 is 2.22 bits per heavy atom. The lowest BCUT2D eigenvalue weighted by molar-refractivity contribution is -0.123. The zero-order valence-electron chi connectivity index (χ0n) is 10.4. The van der Waals surface area contributed by atoms with E-state index in [-0.39, 0.29) is 31.0 Å². The molecule has 4 nitrogen and oxygen atoms in total. The van der Waals surface area contributed by atoms with E-state index in [2.05, 4.69) is 26.6 Å². The molecule has 2 N–H and O–H groups in total. The number of carbonyl (C=O) groups excluding carboxylic acids is 1. The van der Waals surface area contributed by atoms with Crippen molar-refractivity contribution in [2.75, 3.05) is 20.2 Å². The number of likely N-dealkylation sites (N-methyl/N-ethyl adjacent to an activating group) is 1. The normalized spacial score (nSPS) is 11.3. The Bertz CT molecular complexity index is 377. The van der Waals surface area contributed by atoms with Gasteiger partial charge in [-0.25, -0.2) is 0 Å². The minimum atomic E-state index is -0.118. The molecule has 1 amide bonds. The molecule has 1 atom stereocenters. The van der Waals surface area contributed by atoms with Gasteiger partial charge >= 0.3 is 0 Å². The van der Waals surface area contributed by atoms with Crippen LogP contribution in [0.4, 0.5) is 0 Å². The summed E-state index contributed by atoms with van der Waals surface area (Å²) in [6, 6.07) is 7.66. The molecule has 1 unspecified atom stereocenters. The number of rotatable bonds is 6. The molecule has 0 fully saturated rings. The molecule has 1 rings (SSSR count). The summed E-state index contributed by atoms with van der Waals surface area (Å²) >= 11 is 3.34. The molecule has 0 aliphatic heterocycles. The van der Waals surface area contributed by atoms with Crippen LogP contribution in [-0.2, 0) is 4.79 Å². The largest absolute Gasteiger partial charge is 0.484 e. The summed E-state index contributed by atoms with van der Waals surface area (Å²) < 4.78 is 6.28. The van der Waals surface area contributed by atoms with E-state index in [1.165, 1.54) is 0 Å². The van der Waals surface area contributed by atoms with E-state index in [0.717, 1.165) is 4.47 Å². The molecule has 0 saturated carbocycles. The Balaban J connectivity index is 0.00000289. The van der Waals surface area contributed by atoms with Gasteiger partial charge in [-0.05, 0) is 32.2 Å². The number of hydrogen-bond donors (Lipinski definition) is 2. The first-order chi connectivity index (χ1) is 8.11. The van der Waals surface area contributed by atoms with E-state index in [1.54, 1.807) is 0 Å². The Kier molecular flexibility index (Phi) is 8.79. The fraction of sp³-hybridized carbons (Fsp3) is 0.417. The second kappa shape index (κ2) is 9.19. The molecule has 0 bridgehead atoms. The van der Waals surface area contributed by atoms with Crippen LogP contribution in [0.3, 0.4) is 0 Å². The smallest absolute Gasteiger partial charge is 0.257 e. The topological polar surface area (TPSA) is 50.4 Å². The zero-order chi connectivity index (χ0) is 12.7. The van der Waals surface area contributed by atoms with Crippen LogP contribution in [0.25, 0.3) is 0 Å². The Morgan fingerprint density at radius 3 is 2.83 bits per heavy atom. The van der Waals surface area contributed by atoms with Crippen LogP contribution in [0.1, 0.15) is 6.92 Å². The standard InChI is InChI=1S/C12H17BrN2O2.ClH/c1-9(14-2)7-15-12(16)8-17-11-5-3-4-10(13)6-11;/h3-6,9,14H,7-8H2,1-2H3,(H,15,16);1H.